The molecule has 0 fully saturated rings. The van der Waals surface area contributed by atoms with E-state index in [1.165, 1.54) is 18.7 Å². The number of carbonyl (C=O) groups is 4. The Labute approximate surface area is 192 Å². The second kappa shape index (κ2) is 17.1. The van der Waals surface area contributed by atoms with Gasteiger partial charge in [-0.25, -0.2) is 0 Å². The summed E-state index contributed by atoms with van der Waals surface area (Å²) in [5, 5.41) is 16.7. The van der Waals surface area contributed by atoms with Gasteiger partial charge in [0, 0.05) is 0 Å². The van der Waals surface area contributed by atoms with E-state index in [1.807, 2.05) is 12.5 Å². The predicted molar refractivity (Wildman–Crippen MR) is 126 cm³/mol. The van der Waals surface area contributed by atoms with Crippen LogP contribution in [-0.2, 0) is 19.2 Å². The Morgan fingerprint density at radius 2 is 1.35 bits per heavy atom. The Morgan fingerprint density at radius 1 is 0.839 bits per heavy atom. The zero-order valence-corrected chi connectivity index (χ0v) is 20.2. The van der Waals surface area contributed by atoms with Gasteiger partial charge in [-0.3, -0.25) is 19.2 Å². The molecule has 0 aromatic rings. The van der Waals surface area contributed by atoms with Crippen molar-refractivity contribution in [1.29, 1.82) is 0 Å². The molecule has 31 heavy (non-hydrogen) atoms. The molecule has 0 aliphatic rings. The molecule has 0 aliphatic carbocycles. The van der Waals surface area contributed by atoms with Crippen molar-refractivity contribution >= 4 is 47.2 Å². The van der Waals surface area contributed by atoms with Crippen LogP contribution in [0.25, 0.3) is 0 Å². The fourth-order valence-electron chi connectivity index (χ4n) is 2.57. The fourth-order valence-corrected chi connectivity index (χ4v) is 3.53. The van der Waals surface area contributed by atoms with Gasteiger partial charge in [-0.15, -0.1) is 0 Å². The highest BCUT2D eigenvalue weighted by molar-refractivity contribution is 7.98. The molecule has 4 unspecified atom stereocenters. The summed E-state index contributed by atoms with van der Waals surface area (Å²) in [6, 6.07) is -3.60. The Kier molecular flexibility index (Phi) is 16.3. The van der Waals surface area contributed by atoms with Gasteiger partial charge in [-0.2, -0.15) is 23.5 Å². The van der Waals surface area contributed by atoms with Crippen LogP contribution in [0.4, 0.5) is 0 Å². The molecule has 180 valence electrons. The van der Waals surface area contributed by atoms with Crippen molar-refractivity contribution in [2.45, 2.75) is 63.2 Å². The summed E-state index contributed by atoms with van der Waals surface area (Å²) in [6.07, 6.45) is 6.24. The van der Waals surface area contributed by atoms with E-state index in [9.17, 15) is 19.2 Å². The molecule has 4 atom stereocenters. The van der Waals surface area contributed by atoms with E-state index < -0.39 is 47.9 Å². The fraction of sp³-hybridized carbons (Fsp3) is 0.789. The first-order valence-corrected chi connectivity index (χ1v) is 13.0. The number of carboxylic acid groups (broad SMARTS) is 1. The van der Waals surface area contributed by atoms with Crippen LogP contribution in [0, 0.1) is 0 Å². The molecule has 0 radical (unpaired) electrons. The van der Waals surface area contributed by atoms with Crippen LogP contribution >= 0.6 is 23.5 Å². The maximum absolute atomic E-state index is 12.9. The van der Waals surface area contributed by atoms with E-state index >= 15 is 0 Å². The van der Waals surface area contributed by atoms with Crippen LogP contribution in [0.2, 0.25) is 0 Å². The standard InChI is InChI=1S/C19H37N5O5S2/c1-12(19(28)29)22-17(26)15(8-11-31-3)24-18(27)14(6-4-5-9-20)23-16(25)13(21)7-10-30-2/h12-15H,4-11,20-21H2,1-3H3,(H,22,26)(H,23,25)(H,24,27)(H,28,29). The van der Waals surface area contributed by atoms with E-state index in [-0.39, 0.29) is 0 Å². The Balaban J connectivity index is 5.24. The molecule has 0 heterocycles. The highest BCUT2D eigenvalue weighted by atomic mass is 32.2. The summed E-state index contributed by atoms with van der Waals surface area (Å²) in [6.45, 7) is 1.81. The lowest BCUT2D eigenvalue weighted by atomic mass is 10.1. The van der Waals surface area contributed by atoms with Crippen molar-refractivity contribution in [1.82, 2.24) is 16.0 Å². The molecule has 3 amide bonds. The number of carbonyl (C=O) groups excluding carboxylic acids is 3. The molecule has 10 nitrogen and oxygen atoms in total. The van der Waals surface area contributed by atoms with Crippen molar-refractivity contribution in [3.8, 4) is 0 Å². The number of thioether (sulfide) groups is 2. The van der Waals surface area contributed by atoms with Crippen molar-refractivity contribution in [2.75, 3.05) is 30.6 Å². The molecule has 0 aliphatic heterocycles. The average molecular weight is 480 g/mol. The van der Waals surface area contributed by atoms with E-state index in [2.05, 4.69) is 16.0 Å². The average Bonchev–Trinajstić information content (AvgIpc) is 2.73. The van der Waals surface area contributed by atoms with Gasteiger partial charge < -0.3 is 32.5 Å². The minimum atomic E-state index is -1.17. The van der Waals surface area contributed by atoms with Gasteiger partial charge >= 0.3 is 5.97 Å². The topological polar surface area (TPSA) is 177 Å². The van der Waals surface area contributed by atoms with E-state index in [0.717, 1.165) is 5.75 Å². The minimum absolute atomic E-state index is 0.321. The maximum Gasteiger partial charge on any atom is 0.325 e. The molecule has 0 saturated carbocycles. The second-order valence-corrected chi connectivity index (χ2v) is 9.12. The number of unbranched alkanes of at least 4 members (excludes halogenated alkanes) is 1. The van der Waals surface area contributed by atoms with E-state index in [1.54, 1.807) is 11.8 Å². The van der Waals surface area contributed by atoms with Gasteiger partial charge in [0.05, 0.1) is 6.04 Å². The summed E-state index contributed by atoms with van der Waals surface area (Å²) >= 11 is 3.07. The van der Waals surface area contributed by atoms with Crippen LogP contribution in [-0.4, -0.2) is 83.5 Å². The molecule has 0 spiro atoms. The largest absolute Gasteiger partial charge is 0.480 e. The summed E-state index contributed by atoms with van der Waals surface area (Å²) in [4.78, 5) is 48.9. The maximum atomic E-state index is 12.9. The third-order valence-electron chi connectivity index (χ3n) is 4.52. The Bertz CT molecular complexity index is 582. The minimum Gasteiger partial charge on any atom is -0.480 e. The molecular formula is C19H37N5O5S2. The van der Waals surface area contributed by atoms with Gasteiger partial charge in [0.2, 0.25) is 17.7 Å². The number of amides is 3. The van der Waals surface area contributed by atoms with E-state index in [4.69, 9.17) is 16.6 Å². The lowest BCUT2D eigenvalue weighted by molar-refractivity contribution is -0.141. The summed E-state index contributed by atoms with van der Waals surface area (Å²) < 4.78 is 0. The lowest BCUT2D eigenvalue weighted by Crippen LogP contribution is -2.57. The number of carboxylic acids is 1. The Morgan fingerprint density at radius 3 is 1.90 bits per heavy atom. The number of rotatable bonds is 17. The van der Waals surface area contributed by atoms with Crippen LogP contribution in [0.1, 0.15) is 39.0 Å². The van der Waals surface area contributed by atoms with Gasteiger partial charge in [0.1, 0.15) is 18.1 Å². The molecule has 0 rings (SSSR count). The SMILES string of the molecule is CSCCC(N)C(=O)NC(CCCCN)C(=O)NC(CCSC)C(=O)NC(C)C(=O)O. The zero-order chi connectivity index (χ0) is 23.8. The monoisotopic (exact) mass is 479 g/mol. The van der Waals surface area contributed by atoms with Gasteiger partial charge in [0.25, 0.3) is 0 Å². The molecule has 0 aromatic carbocycles. The number of nitrogens with one attached hydrogen (secondary N) is 3. The third kappa shape index (κ3) is 12.8. The molecule has 12 heteroatoms. The van der Waals surface area contributed by atoms with Crippen molar-refractivity contribution in [3.63, 3.8) is 0 Å². The van der Waals surface area contributed by atoms with Crippen LogP contribution in [0.5, 0.6) is 0 Å². The highest BCUT2D eigenvalue weighted by Crippen LogP contribution is 2.07. The second-order valence-electron chi connectivity index (χ2n) is 7.14. The summed E-state index contributed by atoms with van der Waals surface area (Å²) in [5.74, 6) is -1.38. The number of hydrogen-bond acceptors (Lipinski definition) is 8. The summed E-state index contributed by atoms with van der Waals surface area (Å²) in [7, 11) is 0. The number of hydrogen-bond donors (Lipinski definition) is 6. The smallest absolute Gasteiger partial charge is 0.325 e. The first-order valence-electron chi connectivity index (χ1n) is 10.2. The predicted octanol–water partition coefficient (Wildman–Crippen LogP) is -0.492. The van der Waals surface area contributed by atoms with E-state index in [0.29, 0.717) is 44.4 Å². The zero-order valence-electron chi connectivity index (χ0n) is 18.5. The van der Waals surface area contributed by atoms with Crippen LogP contribution < -0.4 is 27.4 Å². The highest BCUT2D eigenvalue weighted by Gasteiger charge is 2.28. The van der Waals surface area contributed by atoms with Gasteiger partial charge in [-0.05, 0) is 69.6 Å². The number of aliphatic carboxylic acids is 1. The first-order chi connectivity index (χ1) is 14.7. The van der Waals surface area contributed by atoms with Crippen LogP contribution in [0.15, 0.2) is 0 Å². The lowest BCUT2D eigenvalue weighted by Gasteiger charge is -2.24. The Hall–Kier alpha value is -1.50. The first kappa shape index (κ1) is 29.5. The molecular weight excluding hydrogens is 442 g/mol. The summed E-state index contributed by atoms with van der Waals surface area (Å²) in [5.41, 5.74) is 11.4. The van der Waals surface area contributed by atoms with Crippen molar-refractivity contribution in [3.05, 3.63) is 0 Å². The van der Waals surface area contributed by atoms with Gasteiger partial charge in [0.15, 0.2) is 0 Å². The van der Waals surface area contributed by atoms with Gasteiger partial charge in [-0.1, -0.05) is 0 Å². The third-order valence-corrected chi connectivity index (χ3v) is 5.81. The number of nitrogens with two attached hydrogens (primary N) is 2. The molecule has 0 saturated heterocycles. The normalized spacial score (nSPS) is 14.7. The van der Waals surface area contributed by atoms with Crippen molar-refractivity contribution < 1.29 is 24.3 Å². The quantitative estimate of drug-likeness (QED) is 0.150. The molecule has 8 N–H and O–H groups in total. The van der Waals surface area contributed by atoms with Crippen LogP contribution in [0.3, 0.4) is 0 Å². The molecule has 0 bridgehead atoms. The molecule has 0 aromatic heterocycles. The van der Waals surface area contributed by atoms with Crippen molar-refractivity contribution in [2.24, 2.45) is 11.5 Å².